The number of anilines is 2. The first-order chi connectivity index (χ1) is 21.5. The van der Waals surface area contributed by atoms with Crippen molar-refractivity contribution in [2.24, 2.45) is 0 Å². The number of aromatic amines is 2. The Morgan fingerprint density at radius 2 is 1.16 bits per heavy atom. The first-order valence-electron chi connectivity index (χ1n) is 12.9. The number of phosphoric acid groups is 2. The molecular formula is C20H34N12O14P2Pt+2. The molecule has 2 aliphatic heterocycles. The minimum absolute atomic E-state index is 0. The molecule has 0 aliphatic carbocycles. The molecule has 0 saturated carbocycles. The third kappa shape index (κ3) is 10.0. The first kappa shape index (κ1) is 42.1. The van der Waals surface area contributed by atoms with E-state index in [1.54, 1.807) is 0 Å². The average molecular weight is 924 g/mol. The first-order valence-corrected chi connectivity index (χ1v) is 15.9. The van der Waals surface area contributed by atoms with Gasteiger partial charge in [-0.25, -0.2) is 9.97 Å². The molecule has 276 valence electrons. The van der Waals surface area contributed by atoms with E-state index in [4.69, 9.17) is 20.9 Å². The Morgan fingerprint density at radius 3 is 1.49 bits per heavy atom. The molecule has 0 spiro atoms. The topological polar surface area (TPSA) is 453 Å². The minimum Gasteiger partial charge on any atom is -0.790 e. The van der Waals surface area contributed by atoms with Gasteiger partial charge in [0.25, 0.3) is 11.1 Å². The Bertz CT molecular complexity index is 1830. The number of phosphoric ester groups is 2. The number of rotatable bonds is 8. The fraction of sp³-hybridized carbons (Fsp3) is 0.500. The van der Waals surface area contributed by atoms with Gasteiger partial charge in [-0.15, -0.1) is 0 Å². The zero-order valence-corrected chi connectivity index (χ0v) is 28.8. The third-order valence-electron chi connectivity index (χ3n) is 6.72. The number of aliphatic hydroxyl groups excluding tert-OH is 2. The fourth-order valence-electron chi connectivity index (χ4n) is 4.71. The van der Waals surface area contributed by atoms with Crippen LogP contribution in [0.4, 0.5) is 11.9 Å². The number of ether oxygens (including phenoxy) is 2. The van der Waals surface area contributed by atoms with Crippen LogP contribution in [0.15, 0.2) is 22.2 Å². The van der Waals surface area contributed by atoms with E-state index < -0.39 is 76.8 Å². The Hall–Kier alpha value is -3.03. The van der Waals surface area contributed by atoms with Gasteiger partial charge >= 0.3 is 26.8 Å². The molecule has 14 N–H and O–H groups in total. The summed E-state index contributed by atoms with van der Waals surface area (Å²) in [6.07, 6.45) is -3.00. The number of nitrogens with two attached hydrogens (primary N) is 2. The number of aromatic nitrogens is 8. The molecule has 2 fully saturated rings. The molecule has 0 bridgehead atoms. The fourth-order valence-corrected chi connectivity index (χ4v) is 5.37. The summed E-state index contributed by atoms with van der Waals surface area (Å²) in [5, 5.41) is 19.8. The number of fused-ring (bicyclic) bond motifs is 2. The van der Waals surface area contributed by atoms with Gasteiger partial charge in [-0.05, 0) is 0 Å². The maximum atomic E-state index is 11.7. The molecule has 2 aliphatic rings. The smallest absolute Gasteiger partial charge is 0.790 e. The molecule has 0 aromatic carbocycles. The van der Waals surface area contributed by atoms with Crippen molar-refractivity contribution in [3.05, 3.63) is 33.4 Å². The quantitative estimate of drug-likeness (QED) is 0.0768. The van der Waals surface area contributed by atoms with Gasteiger partial charge in [-0.2, -0.15) is 9.97 Å². The monoisotopic (exact) mass is 923 g/mol. The van der Waals surface area contributed by atoms with Crippen molar-refractivity contribution >= 4 is 49.9 Å². The molecule has 2 saturated heterocycles. The molecule has 6 rings (SSSR count). The van der Waals surface area contributed by atoms with Crippen LogP contribution in [0.1, 0.15) is 31.0 Å². The van der Waals surface area contributed by atoms with E-state index in [9.17, 15) is 48.5 Å². The SMILES string of the molecule is N.N.Nc1nc2c(ncn2C2CC(O)C(COP(=O)([O-])[O-])O2)c(=O)[nH]1.Nc1nc2c(ncn2C2CC(O)C(COP(=O)([O-])[O-])O2)c(=O)[nH]1.[H+].[H+].[H+].[H+].[Pt+2]. The summed E-state index contributed by atoms with van der Waals surface area (Å²) in [4.78, 5) is 85.7. The molecule has 26 nitrogen and oxygen atoms in total. The number of hydrogen-bond acceptors (Lipinski definition) is 22. The van der Waals surface area contributed by atoms with Gasteiger partial charge in [0.15, 0.2) is 22.3 Å². The molecule has 6 unspecified atom stereocenters. The molecule has 6 heterocycles. The summed E-state index contributed by atoms with van der Waals surface area (Å²) in [5.41, 5.74) is 10.3. The molecule has 49 heavy (non-hydrogen) atoms. The maximum absolute atomic E-state index is 11.7. The molecule has 0 amide bonds. The molecule has 6 atom stereocenters. The Morgan fingerprint density at radius 1 is 0.816 bits per heavy atom. The van der Waals surface area contributed by atoms with E-state index >= 15 is 0 Å². The Kier molecular flexibility index (Phi) is 14.0. The van der Waals surface area contributed by atoms with Crippen molar-refractivity contribution in [2.75, 3.05) is 24.7 Å². The van der Waals surface area contributed by atoms with Gasteiger partial charge in [0.2, 0.25) is 11.9 Å². The number of imidazole rings is 2. The molecule has 4 aromatic heterocycles. The van der Waals surface area contributed by atoms with Crippen molar-refractivity contribution in [2.45, 2.75) is 49.7 Å². The van der Waals surface area contributed by atoms with Crippen LogP contribution >= 0.6 is 15.6 Å². The summed E-state index contributed by atoms with van der Waals surface area (Å²) in [7, 11) is -10.3. The largest absolute Gasteiger partial charge is 2.00 e. The van der Waals surface area contributed by atoms with Crippen molar-refractivity contribution in [3.8, 4) is 0 Å². The van der Waals surface area contributed by atoms with Crippen LogP contribution in [0.5, 0.6) is 0 Å². The van der Waals surface area contributed by atoms with E-state index in [0.29, 0.717) is 0 Å². The van der Waals surface area contributed by atoms with Gasteiger partial charge in [-0.3, -0.25) is 28.7 Å². The summed E-state index contributed by atoms with van der Waals surface area (Å²) < 4.78 is 42.9. The third-order valence-corrected chi connectivity index (χ3v) is 7.65. The Balaban J connectivity index is -0.000000833. The zero-order valence-electron chi connectivity index (χ0n) is 28.7. The van der Waals surface area contributed by atoms with E-state index in [2.05, 4.69) is 39.0 Å². The van der Waals surface area contributed by atoms with Crippen LogP contribution in [0.25, 0.3) is 22.3 Å². The van der Waals surface area contributed by atoms with Crippen LogP contribution < -0.4 is 54.5 Å². The second-order valence-corrected chi connectivity index (χ2v) is 12.2. The van der Waals surface area contributed by atoms with Crippen molar-refractivity contribution in [1.82, 2.24) is 51.3 Å². The predicted octanol–water partition coefficient (Wildman–Crippen LogP) is -4.84. The number of H-pyrrole nitrogens is 2. The van der Waals surface area contributed by atoms with Crippen LogP contribution in [-0.2, 0) is 48.7 Å². The van der Waals surface area contributed by atoms with Gasteiger partial charge < -0.3 is 81.2 Å². The summed E-state index contributed by atoms with van der Waals surface area (Å²) in [6, 6.07) is 0. The zero-order chi connectivity index (χ0) is 33.6. The van der Waals surface area contributed by atoms with Crippen molar-refractivity contribution in [1.29, 1.82) is 0 Å². The van der Waals surface area contributed by atoms with Gasteiger partial charge in [0.05, 0.1) is 53.7 Å². The van der Waals surface area contributed by atoms with E-state index in [0.717, 1.165) is 0 Å². The average Bonchev–Trinajstić information content (AvgIpc) is 3.71. The van der Waals surface area contributed by atoms with Gasteiger partial charge in [0.1, 0.15) is 24.7 Å². The summed E-state index contributed by atoms with van der Waals surface area (Å²) in [6.45, 7) is -1.21. The summed E-state index contributed by atoms with van der Waals surface area (Å²) in [5.74, 6) is -0.220. The van der Waals surface area contributed by atoms with Crippen LogP contribution in [0, 0.1) is 0 Å². The number of aliphatic hydroxyl groups is 2. The van der Waals surface area contributed by atoms with Crippen LogP contribution in [-0.4, -0.2) is 86.9 Å². The number of nitrogens with zero attached hydrogens (tertiary/aromatic N) is 6. The molecule has 0 radical (unpaired) electrons. The molecule has 29 heteroatoms. The number of nitrogen functional groups attached to an aromatic ring is 2. The Labute approximate surface area is 293 Å². The van der Waals surface area contributed by atoms with Crippen molar-refractivity contribution in [3.63, 3.8) is 0 Å². The molecule has 4 aromatic rings. The van der Waals surface area contributed by atoms with E-state index in [-0.39, 0.29) is 86.1 Å². The minimum atomic E-state index is -5.16. The van der Waals surface area contributed by atoms with Crippen LogP contribution in [0.3, 0.4) is 0 Å². The van der Waals surface area contributed by atoms with E-state index in [1.807, 2.05) is 0 Å². The maximum Gasteiger partial charge on any atom is 2.00 e. The van der Waals surface area contributed by atoms with Crippen molar-refractivity contribution < 1.29 is 84.2 Å². The van der Waals surface area contributed by atoms with Gasteiger partial charge in [-0.1, -0.05) is 0 Å². The number of hydrogen-bond donors (Lipinski definition) is 8. The normalized spacial score (nSPS) is 23.7. The molecular weight excluding hydrogens is 889 g/mol. The van der Waals surface area contributed by atoms with E-state index in [1.165, 1.54) is 21.8 Å². The predicted molar refractivity (Wildman–Crippen MR) is 156 cm³/mol. The second kappa shape index (κ2) is 16.3. The van der Waals surface area contributed by atoms with Gasteiger partial charge in [0, 0.05) is 12.8 Å². The number of nitrogens with one attached hydrogen (secondary N) is 2. The standard InChI is InChI=1S/2C10H14N5O7P.2H3N.Pt/c2*11-10-13-8-7(9(17)14-10)12-3-15(8)6-1-4(16)5(22-6)2-21-23(18,19)20;;;/h2*3-6,16H,1-2H2,(H2,18,19,20)(H3,11,13,14,17);2*1H3;/q;;;;+2. The summed E-state index contributed by atoms with van der Waals surface area (Å²) >= 11 is 0. The van der Waals surface area contributed by atoms with Crippen LogP contribution in [0.2, 0.25) is 0 Å². The second-order valence-electron chi connectivity index (χ2n) is 9.90.